The molecule has 4 nitrogen and oxygen atoms in total. The van der Waals surface area contributed by atoms with E-state index < -0.39 is 5.60 Å². The number of aliphatic hydroxyl groups is 1. The molecular formula is C10H15NO3. The minimum Gasteiger partial charge on any atom is -0.462 e. The number of nitrogens with one attached hydrogen (secondary N) is 1. The summed E-state index contributed by atoms with van der Waals surface area (Å²) in [6, 6.07) is 1.60. The van der Waals surface area contributed by atoms with Crippen molar-refractivity contribution in [3.63, 3.8) is 0 Å². The molecule has 0 radical (unpaired) electrons. The van der Waals surface area contributed by atoms with Crippen LogP contribution in [0.4, 0.5) is 0 Å². The van der Waals surface area contributed by atoms with Crippen molar-refractivity contribution < 1.29 is 14.6 Å². The highest BCUT2D eigenvalue weighted by Crippen LogP contribution is 2.19. The zero-order chi connectivity index (χ0) is 10.8. The molecule has 0 fully saturated rings. The Morgan fingerprint density at radius 3 is 2.71 bits per heavy atom. The van der Waals surface area contributed by atoms with E-state index in [1.165, 1.54) is 6.20 Å². The normalized spacial score (nSPS) is 11.4. The first-order chi connectivity index (χ1) is 6.45. The number of esters is 1. The summed E-state index contributed by atoms with van der Waals surface area (Å²) in [6.45, 7) is 5.39. The lowest BCUT2D eigenvalue weighted by Crippen LogP contribution is -2.15. The molecule has 0 saturated heterocycles. The van der Waals surface area contributed by atoms with E-state index in [9.17, 15) is 9.90 Å². The highest BCUT2D eigenvalue weighted by atomic mass is 16.5. The van der Waals surface area contributed by atoms with Gasteiger partial charge in [-0.15, -0.1) is 0 Å². The molecular weight excluding hydrogens is 182 g/mol. The van der Waals surface area contributed by atoms with Gasteiger partial charge in [-0.2, -0.15) is 0 Å². The van der Waals surface area contributed by atoms with Crippen molar-refractivity contribution in [3.8, 4) is 0 Å². The van der Waals surface area contributed by atoms with Crippen LogP contribution in [-0.2, 0) is 10.3 Å². The molecule has 0 aliphatic rings. The van der Waals surface area contributed by atoms with Gasteiger partial charge in [-0.25, -0.2) is 4.79 Å². The molecule has 4 heteroatoms. The van der Waals surface area contributed by atoms with E-state index in [0.717, 1.165) is 0 Å². The van der Waals surface area contributed by atoms with Crippen molar-refractivity contribution in [3.05, 3.63) is 23.5 Å². The van der Waals surface area contributed by atoms with E-state index in [-0.39, 0.29) is 5.97 Å². The second-order valence-corrected chi connectivity index (χ2v) is 3.58. The van der Waals surface area contributed by atoms with Gasteiger partial charge in [0.05, 0.1) is 17.8 Å². The minimum absolute atomic E-state index is 0.349. The van der Waals surface area contributed by atoms with Crippen molar-refractivity contribution in [1.82, 2.24) is 4.98 Å². The van der Waals surface area contributed by atoms with Crippen LogP contribution >= 0.6 is 0 Å². The lowest BCUT2D eigenvalue weighted by atomic mass is 10.1. The lowest BCUT2D eigenvalue weighted by Gasteiger charge is -2.14. The number of aromatic amines is 1. The second-order valence-electron chi connectivity index (χ2n) is 3.58. The van der Waals surface area contributed by atoms with E-state index in [2.05, 4.69) is 4.98 Å². The zero-order valence-corrected chi connectivity index (χ0v) is 8.63. The maximum atomic E-state index is 11.3. The van der Waals surface area contributed by atoms with Crippen LogP contribution in [0, 0.1) is 0 Å². The maximum absolute atomic E-state index is 11.3. The summed E-state index contributed by atoms with van der Waals surface area (Å²) in [7, 11) is 0. The fourth-order valence-electron chi connectivity index (χ4n) is 1.08. The van der Waals surface area contributed by atoms with E-state index in [1.807, 2.05) is 0 Å². The summed E-state index contributed by atoms with van der Waals surface area (Å²) in [5.41, 5.74) is 0.0645. The first-order valence-corrected chi connectivity index (χ1v) is 4.53. The SMILES string of the molecule is CCOC(=O)c1c[nH]c(C(C)(C)O)c1. The van der Waals surface area contributed by atoms with E-state index >= 15 is 0 Å². The van der Waals surface area contributed by atoms with Crippen molar-refractivity contribution in [2.24, 2.45) is 0 Å². The molecule has 1 aromatic rings. The molecule has 0 aliphatic carbocycles. The van der Waals surface area contributed by atoms with Crippen LogP contribution < -0.4 is 0 Å². The van der Waals surface area contributed by atoms with Crippen molar-refractivity contribution in [1.29, 1.82) is 0 Å². The molecule has 0 bridgehead atoms. The Labute approximate surface area is 82.9 Å². The molecule has 0 spiro atoms. The van der Waals surface area contributed by atoms with Gasteiger partial charge in [0.15, 0.2) is 0 Å². The predicted octanol–water partition coefficient (Wildman–Crippen LogP) is 1.42. The van der Waals surface area contributed by atoms with Crippen molar-refractivity contribution in [2.45, 2.75) is 26.4 Å². The third-order valence-corrected chi connectivity index (χ3v) is 1.85. The third kappa shape index (κ3) is 2.35. The number of hydrogen-bond donors (Lipinski definition) is 2. The predicted molar refractivity (Wildman–Crippen MR) is 52.0 cm³/mol. The van der Waals surface area contributed by atoms with E-state index in [1.54, 1.807) is 26.8 Å². The van der Waals surface area contributed by atoms with E-state index in [4.69, 9.17) is 4.74 Å². The van der Waals surface area contributed by atoms with E-state index in [0.29, 0.717) is 17.9 Å². The number of ether oxygens (including phenoxy) is 1. The number of carbonyl (C=O) groups excluding carboxylic acids is 1. The van der Waals surface area contributed by atoms with Crippen LogP contribution in [0.2, 0.25) is 0 Å². The summed E-state index contributed by atoms with van der Waals surface area (Å²) >= 11 is 0. The Morgan fingerprint density at radius 2 is 2.29 bits per heavy atom. The highest BCUT2D eigenvalue weighted by Gasteiger charge is 2.19. The van der Waals surface area contributed by atoms with Crippen LogP contribution in [0.5, 0.6) is 0 Å². The monoisotopic (exact) mass is 197 g/mol. The number of aromatic nitrogens is 1. The molecule has 0 aliphatic heterocycles. The summed E-state index contributed by atoms with van der Waals surface area (Å²) in [6.07, 6.45) is 1.53. The molecule has 2 N–H and O–H groups in total. The van der Waals surface area contributed by atoms with Crippen LogP contribution in [0.15, 0.2) is 12.3 Å². The summed E-state index contributed by atoms with van der Waals surface area (Å²) in [4.78, 5) is 14.1. The Morgan fingerprint density at radius 1 is 1.64 bits per heavy atom. The van der Waals surface area contributed by atoms with Crippen molar-refractivity contribution >= 4 is 5.97 Å². The minimum atomic E-state index is -0.968. The molecule has 78 valence electrons. The molecule has 0 unspecified atom stereocenters. The Balaban J connectivity index is 2.83. The standard InChI is InChI=1S/C10H15NO3/c1-4-14-9(12)7-5-8(11-6-7)10(2,3)13/h5-6,11,13H,4H2,1-3H3. The Bertz CT molecular complexity index is 322. The quantitative estimate of drug-likeness (QED) is 0.720. The van der Waals surface area contributed by atoms with Gasteiger partial charge in [0.1, 0.15) is 0 Å². The second kappa shape index (κ2) is 3.84. The van der Waals surface area contributed by atoms with Gasteiger partial charge >= 0.3 is 5.97 Å². The zero-order valence-electron chi connectivity index (χ0n) is 8.63. The number of H-pyrrole nitrogens is 1. The van der Waals surface area contributed by atoms with Gasteiger partial charge in [-0.05, 0) is 26.8 Å². The average Bonchev–Trinajstić information content (AvgIpc) is 2.51. The third-order valence-electron chi connectivity index (χ3n) is 1.85. The van der Waals surface area contributed by atoms with Crippen LogP contribution in [0.25, 0.3) is 0 Å². The fraction of sp³-hybridized carbons (Fsp3) is 0.500. The van der Waals surface area contributed by atoms with Crippen molar-refractivity contribution in [2.75, 3.05) is 6.61 Å². The smallest absolute Gasteiger partial charge is 0.339 e. The van der Waals surface area contributed by atoms with Gasteiger partial charge in [0, 0.05) is 11.9 Å². The van der Waals surface area contributed by atoms with Gasteiger partial charge in [-0.3, -0.25) is 0 Å². The lowest BCUT2D eigenvalue weighted by molar-refractivity contribution is 0.0526. The van der Waals surface area contributed by atoms with Gasteiger partial charge in [-0.1, -0.05) is 0 Å². The summed E-state index contributed by atoms with van der Waals surface area (Å²) in [5.74, 6) is -0.376. The summed E-state index contributed by atoms with van der Waals surface area (Å²) in [5, 5.41) is 9.63. The topological polar surface area (TPSA) is 62.3 Å². The molecule has 0 atom stereocenters. The summed E-state index contributed by atoms with van der Waals surface area (Å²) < 4.78 is 4.81. The van der Waals surface area contributed by atoms with Gasteiger partial charge in [0.25, 0.3) is 0 Å². The molecule has 0 amide bonds. The number of carbonyl (C=O) groups is 1. The largest absolute Gasteiger partial charge is 0.462 e. The number of rotatable bonds is 3. The van der Waals surface area contributed by atoms with Crippen LogP contribution in [-0.4, -0.2) is 22.7 Å². The molecule has 14 heavy (non-hydrogen) atoms. The maximum Gasteiger partial charge on any atom is 0.339 e. The fourth-order valence-corrected chi connectivity index (χ4v) is 1.08. The van der Waals surface area contributed by atoms with Crippen LogP contribution in [0.1, 0.15) is 36.8 Å². The van der Waals surface area contributed by atoms with Crippen LogP contribution in [0.3, 0.4) is 0 Å². The first kappa shape index (κ1) is 10.8. The Kier molecular flexibility index (Phi) is 2.96. The van der Waals surface area contributed by atoms with Gasteiger partial charge in [0.2, 0.25) is 0 Å². The molecule has 1 aromatic heterocycles. The molecule has 0 saturated carbocycles. The molecule has 1 rings (SSSR count). The highest BCUT2D eigenvalue weighted by molar-refractivity contribution is 5.89. The van der Waals surface area contributed by atoms with Gasteiger partial charge < -0.3 is 14.8 Å². The molecule has 0 aromatic carbocycles. The Hall–Kier alpha value is -1.29. The first-order valence-electron chi connectivity index (χ1n) is 4.53. The average molecular weight is 197 g/mol. The number of hydrogen-bond acceptors (Lipinski definition) is 3. The molecule has 1 heterocycles.